The second-order valence-corrected chi connectivity index (χ2v) is 5.40. The Bertz CT molecular complexity index is 247. The summed E-state index contributed by atoms with van der Waals surface area (Å²) in [5, 5.41) is 14.0. The Morgan fingerprint density at radius 3 is 2.47 bits per heavy atom. The lowest BCUT2D eigenvalue weighted by molar-refractivity contribution is -0.140. The summed E-state index contributed by atoms with van der Waals surface area (Å²) in [5.74, 6) is 0.940. The molecule has 0 rings (SSSR count). The molecule has 0 aliphatic heterocycles. The number of hydrogen-bond acceptors (Lipinski definition) is 3. The van der Waals surface area contributed by atoms with E-state index in [2.05, 4.69) is 17.6 Å². The molecule has 0 bridgehead atoms. The first kappa shape index (κ1) is 16.1. The summed E-state index contributed by atoms with van der Waals surface area (Å²) < 4.78 is 0. The van der Waals surface area contributed by atoms with Crippen molar-refractivity contribution in [2.24, 2.45) is 5.92 Å². The van der Waals surface area contributed by atoms with E-state index < -0.39 is 18.0 Å². The van der Waals surface area contributed by atoms with Crippen LogP contribution in [0.25, 0.3) is 0 Å². The summed E-state index contributed by atoms with van der Waals surface area (Å²) in [6.07, 6.45) is 0.894. The first-order valence-corrected chi connectivity index (χ1v) is 6.99. The van der Waals surface area contributed by atoms with Crippen molar-refractivity contribution in [3.05, 3.63) is 0 Å². The van der Waals surface area contributed by atoms with Gasteiger partial charge < -0.3 is 15.7 Å². The maximum absolute atomic E-state index is 11.4. The summed E-state index contributed by atoms with van der Waals surface area (Å²) in [5.41, 5.74) is 0. The maximum Gasteiger partial charge on any atom is 0.326 e. The lowest BCUT2D eigenvalue weighted by Crippen LogP contribution is -2.48. The van der Waals surface area contributed by atoms with Crippen molar-refractivity contribution >= 4 is 23.8 Å². The third-order valence-electron chi connectivity index (χ3n) is 2.17. The molecule has 17 heavy (non-hydrogen) atoms. The molecule has 5 nitrogen and oxygen atoms in total. The van der Waals surface area contributed by atoms with Gasteiger partial charge in [0.05, 0.1) is 0 Å². The second kappa shape index (κ2) is 9.15. The average Bonchev–Trinajstić information content (AvgIpc) is 2.24. The van der Waals surface area contributed by atoms with E-state index in [-0.39, 0.29) is 5.92 Å². The minimum absolute atomic E-state index is 0.131. The van der Waals surface area contributed by atoms with Crippen LogP contribution in [-0.2, 0) is 4.79 Å². The Labute approximate surface area is 107 Å². The number of amides is 2. The van der Waals surface area contributed by atoms with Crippen molar-refractivity contribution in [2.45, 2.75) is 33.2 Å². The fraction of sp³-hybridized carbons (Fsp3) is 0.818. The molecule has 0 aromatic rings. The van der Waals surface area contributed by atoms with Gasteiger partial charge in [0.1, 0.15) is 6.04 Å². The van der Waals surface area contributed by atoms with Crippen molar-refractivity contribution in [3.63, 3.8) is 0 Å². The lowest BCUT2D eigenvalue weighted by Gasteiger charge is -2.18. The molecule has 100 valence electrons. The van der Waals surface area contributed by atoms with Crippen LogP contribution in [0.1, 0.15) is 27.2 Å². The number of urea groups is 1. The first-order valence-electron chi connectivity index (χ1n) is 5.84. The molecule has 0 aliphatic rings. The van der Waals surface area contributed by atoms with E-state index in [1.54, 1.807) is 13.8 Å². The van der Waals surface area contributed by atoms with Crippen LogP contribution in [0.15, 0.2) is 0 Å². The number of carboxylic acids is 1. The normalized spacial score (nSPS) is 12.2. The fourth-order valence-electron chi connectivity index (χ4n) is 1.23. The Kier molecular flexibility index (Phi) is 8.66. The van der Waals surface area contributed by atoms with E-state index in [0.717, 1.165) is 17.9 Å². The highest BCUT2D eigenvalue weighted by atomic mass is 32.2. The molecule has 0 saturated heterocycles. The van der Waals surface area contributed by atoms with Crippen molar-refractivity contribution in [3.8, 4) is 0 Å². The summed E-state index contributed by atoms with van der Waals surface area (Å²) >= 11 is 1.82. The third-order valence-corrected chi connectivity index (χ3v) is 3.16. The number of carbonyl (C=O) groups is 2. The van der Waals surface area contributed by atoms with Gasteiger partial charge in [0.2, 0.25) is 0 Å². The van der Waals surface area contributed by atoms with Gasteiger partial charge >= 0.3 is 12.0 Å². The zero-order valence-electron chi connectivity index (χ0n) is 10.7. The molecule has 1 atom stereocenters. The van der Waals surface area contributed by atoms with Gasteiger partial charge in [-0.25, -0.2) is 9.59 Å². The Morgan fingerprint density at radius 1 is 1.35 bits per heavy atom. The van der Waals surface area contributed by atoms with Gasteiger partial charge in [-0.1, -0.05) is 20.8 Å². The van der Waals surface area contributed by atoms with E-state index in [4.69, 9.17) is 5.11 Å². The monoisotopic (exact) mass is 262 g/mol. The molecular weight excluding hydrogens is 240 g/mol. The molecule has 0 aliphatic carbocycles. The van der Waals surface area contributed by atoms with Crippen LogP contribution in [-0.4, -0.2) is 41.2 Å². The average molecular weight is 262 g/mol. The molecule has 6 heteroatoms. The Balaban J connectivity index is 3.80. The van der Waals surface area contributed by atoms with Gasteiger partial charge in [0.15, 0.2) is 0 Å². The van der Waals surface area contributed by atoms with Gasteiger partial charge in [-0.3, -0.25) is 0 Å². The number of nitrogens with one attached hydrogen (secondary N) is 2. The van der Waals surface area contributed by atoms with E-state index >= 15 is 0 Å². The van der Waals surface area contributed by atoms with Gasteiger partial charge in [-0.2, -0.15) is 11.8 Å². The number of carbonyl (C=O) groups excluding carboxylic acids is 1. The third kappa shape index (κ3) is 7.90. The molecule has 0 saturated carbocycles. The van der Waals surface area contributed by atoms with Crippen molar-refractivity contribution in [1.82, 2.24) is 10.6 Å². The number of carboxylic acid groups (broad SMARTS) is 1. The summed E-state index contributed by atoms with van der Waals surface area (Å²) in [4.78, 5) is 22.2. The minimum atomic E-state index is -1.00. The van der Waals surface area contributed by atoms with Crippen molar-refractivity contribution < 1.29 is 14.7 Å². The van der Waals surface area contributed by atoms with Crippen LogP contribution in [0.2, 0.25) is 0 Å². The standard InChI is InChI=1S/C11H22N2O3S/c1-4-17-7-5-6-12-11(16)13-9(8(2)3)10(14)15/h8-9H,4-7H2,1-3H3,(H,14,15)(H2,12,13,16). The van der Waals surface area contributed by atoms with Gasteiger partial charge in [-0.05, 0) is 23.8 Å². The highest BCUT2D eigenvalue weighted by Crippen LogP contribution is 2.01. The van der Waals surface area contributed by atoms with Gasteiger partial charge in [0.25, 0.3) is 0 Å². The van der Waals surface area contributed by atoms with Crippen molar-refractivity contribution in [1.29, 1.82) is 0 Å². The molecule has 0 radical (unpaired) electrons. The topological polar surface area (TPSA) is 78.4 Å². The number of aliphatic carboxylic acids is 1. The summed E-state index contributed by atoms with van der Waals surface area (Å²) in [6, 6.07) is -1.24. The Morgan fingerprint density at radius 2 is 2.00 bits per heavy atom. The van der Waals surface area contributed by atoms with Crippen molar-refractivity contribution in [2.75, 3.05) is 18.1 Å². The predicted octanol–water partition coefficient (Wildman–Crippen LogP) is 1.54. The molecule has 0 spiro atoms. The van der Waals surface area contributed by atoms with E-state index in [9.17, 15) is 9.59 Å². The molecule has 2 amide bonds. The van der Waals surface area contributed by atoms with Gasteiger partial charge in [-0.15, -0.1) is 0 Å². The zero-order chi connectivity index (χ0) is 13.3. The molecule has 0 aromatic heterocycles. The van der Waals surface area contributed by atoms with Crippen LogP contribution in [0.3, 0.4) is 0 Å². The number of thioether (sulfide) groups is 1. The van der Waals surface area contributed by atoms with Crippen LogP contribution < -0.4 is 10.6 Å². The van der Waals surface area contributed by atoms with E-state index in [1.807, 2.05) is 11.8 Å². The van der Waals surface area contributed by atoms with Crippen LogP contribution >= 0.6 is 11.8 Å². The molecular formula is C11H22N2O3S. The van der Waals surface area contributed by atoms with Crippen LogP contribution in [0.4, 0.5) is 4.79 Å². The van der Waals surface area contributed by atoms with E-state index in [1.165, 1.54) is 0 Å². The first-order chi connectivity index (χ1) is 7.99. The highest BCUT2D eigenvalue weighted by Gasteiger charge is 2.22. The molecule has 0 fully saturated rings. The minimum Gasteiger partial charge on any atom is -0.480 e. The predicted molar refractivity (Wildman–Crippen MR) is 70.4 cm³/mol. The fourth-order valence-corrected chi connectivity index (χ4v) is 1.86. The molecule has 0 heterocycles. The second-order valence-electron chi connectivity index (χ2n) is 4.01. The summed E-state index contributed by atoms with van der Waals surface area (Å²) in [7, 11) is 0. The van der Waals surface area contributed by atoms with Crippen LogP contribution in [0, 0.1) is 5.92 Å². The highest BCUT2D eigenvalue weighted by molar-refractivity contribution is 7.99. The number of rotatable bonds is 8. The maximum atomic E-state index is 11.4. The quantitative estimate of drug-likeness (QED) is 0.580. The summed E-state index contributed by atoms with van der Waals surface area (Å²) in [6.45, 7) is 6.18. The molecule has 0 aromatic carbocycles. The molecule has 1 unspecified atom stereocenters. The zero-order valence-corrected chi connectivity index (χ0v) is 11.5. The smallest absolute Gasteiger partial charge is 0.326 e. The Hall–Kier alpha value is -0.910. The van der Waals surface area contributed by atoms with Gasteiger partial charge in [0, 0.05) is 6.54 Å². The molecule has 3 N–H and O–H groups in total. The SMILES string of the molecule is CCSCCCNC(=O)NC(C(=O)O)C(C)C. The van der Waals surface area contributed by atoms with Crippen LogP contribution in [0.5, 0.6) is 0 Å². The van der Waals surface area contributed by atoms with E-state index in [0.29, 0.717) is 6.54 Å². The largest absolute Gasteiger partial charge is 0.480 e. The lowest BCUT2D eigenvalue weighted by atomic mass is 10.1. The number of hydrogen-bond donors (Lipinski definition) is 3.